The van der Waals surface area contributed by atoms with Crippen LogP contribution in [0.25, 0.3) is 0 Å². The molecule has 0 aliphatic heterocycles. The number of aliphatic hydroxyl groups excluding tert-OH is 1. The van der Waals surface area contributed by atoms with Gasteiger partial charge in [0.25, 0.3) is 0 Å². The molecule has 1 heteroatoms. The van der Waals surface area contributed by atoms with Crippen LogP contribution in [-0.4, -0.2) is 11.2 Å². The molecule has 1 nitrogen and oxygen atoms in total. The van der Waals surface area contributed by atoms with Gasteiger partial charge >= 0.3 is 0 Å². The van der Waals surface area contributed by atoms with E-state index < -0.39 is 0 Å². The van der Waals surface area contributed by atoms with Crippen LogP contribution >= 0.6 is 0 Å². The fourth-order valence-corrected chi connectivity index (χ4v) is 1.82. The van der Waals surface area contributed by atoms with Crippen LogP contribution in [0.15, 0.2) is 24.3 Å². The number of allylic oxidation sites excluding steroid dienone is 3. The van der Waals surface area contributed by atoms with Gasteiger partial charge in [0.2, 0.25) is 0 Å². The molecule has 0 radical (unpaired) electrons. The zero-order chi connectivity index (χ0) is 9.68. The summed E-state index contributed by atoms with van der Waals surface area (Å²) in [4.78, 5) is 0. The summed E-state index contributed by atoms with van der Waals surface area (Å²) in [6.07, 6.45) is 9.64. The zero-order valence-electron chi connectivity index (χ0n) is 8.50. The molecule has 0 bridgehead atoms. The van der Waals surface area contributed by atoms with Crippen molar-refractivity contribution in [2.24, 2.45) is 5.92 Å². The predicted molar refractivity (Wildman–Crippen MR) is 56.5 cm³/mol. The number of aliphatic hydroxyl groups is 1. The predicted octanol–water partition coefficient (Wildman–Crippen LogP) is 3.06. The first-order chi connectivity index (χ1) is 6.22. The van der Waals surface area contributed by atoms with Crippen LogP contribution in [-0.2, 0) is 0 Å². The van der Waals surface area contributed by atoms with Crippen molar-refractivity contribution < 1.29 is 5.11 Å². The van der Waals surface area contributed by atoms with Gasteiger partial charge in [0.1, 0.15) is 0 Å². The van der Waals surface area contributed by atoms with Crippen molar-refractivity contribution in [1.29, 1.82) is 0 Å². The number of rotatable bonds is 3. The first kappa shape index (κ1) is 10.5. The minimum absolute atomic E-state index is 0.0271. The van der Waals surface area contributed by atoms with Gasteiger partial charge in [-0.05, 0) is 44.9 Å². The lowest BCUT2D eigenvalue weighted by atomic mass is 9.85. The molecule has 0 atom stereocenters. The quantitative estimate of drug-likeness (QED) is 0.662. The summed E-state index contributed by atoms with van der Waals surface area (Å²) in [5.74, 6) is 0.790. The second-order valence-electron chi connectivity index (χ2n) is 4.06. The van der Waals surface area contributed by atoms with Gasteiger partial charge in [-0.3, -0.25) is 0 Å². The molecule has 0 heterocycles. The lowest BCUT2D eigenvalue weighted by molar-refractivity contribution is 0.109. The molecule has 74 valence electrons. The molecular formula is C12H20O. The van der Waals surface area contributed by atoms with Gasteiger partial charge in [-0.1, -0.05) is 24.3 Å². The average Bonchev–Trinajstić information content (AvgIpc) is 2.16. The summed E-state index contributed by atoms with van der Waals surface area (Å²) in [6, 6.07) is 0. The third-order valence-electron chi connectivity index (χ3n) is 2.91. The van der Waals surface area contributed by atoms with Crippen LogP contribution < -0.4 is 0 Å². The summed E-state index contributed by atoms with van der Waals surface area (Å²) in [7, 11) is 0. The molecule has 0 unspecified atom stereocenters. The van der Waals surface area contributed by atoms with E-state index in [4.69, 9.17) is 0 Å². The summed E-state index contributed by atoms with van der Waals surface area (Å²) in [6.45, 7) is 5.82. The van der Waals surface area contributed by atoms with Crippen LogP contribution in [0.1, 0.15) is 39.0 Å². The van der Waals surface area contributed by atoms with Gasteiger partial charge in [0.05, 0.1) is 6.10 Å². The van der Waals surface area contributed by atoms with Crippen molar-refractivity contribution in [2.75, 3.05) is 0 Å². The van der Waals surface area contributed by atoms with E-state index in [0.717, 1.165) is 25.2 Å². The van der Waals surface area contributed by atoms with E-state index in [1.807, 2.05) is 6.08 Å². The molecule has 1 aliphatic rings. The van der Waals surface area contributed by atoms with Crippen LogP contribution in [0.4, 0.5) is 0 Å². The lowest BCUT2D eigenvalue weighted by Crippen LogP contribution is -2.17. The summed E-state index contributed by atoms with van der Waals surface area (Å²) < 4.78 is 0. The Kier molecular flexibility index (Phi) is 4.23. The van der Waals surface area contributed by atoms with Crippen LogP contribution in [0.2, 0.25) is 0 Å². The van der Waals surface area contributed by atoms with Gasteiger partial charge < -0.3 is 5.11 Å². The highest BCUT2D eigenvalue weighted by Gasteiger charge is 2.17. The van der Waals surface area contributed by atoms with E-state index >= 15 is 0 Å². The van der Waals surface area contributed by atoms with E-state index in [2.05, 4.69) is 19.6 Å². The smallest absolute Gasteiger partial charge is 0.0540 e. The standard InChI is InChI=1S/C12H20O/c1-3-10(2)4-5-11-6-8-12(13)9-7-11/h3-4,11-13H,1,5-9H2,2H3/b10-4-. The lowest BCUT2D eigenvalue weighted by Gasteiger charge is -2.24. The molecule has 0 aromatic carbocycles. The van der Waals surface area contributed by atoms with E-state index in [-0.39, 0.29) is 6.10 Å². The Morgan fingerprint density at radius 3 is 2.54 bits per heavy atom. The van der Waals surface area contributed by atoms with Crippen molar-refractivity contribution in [3.8, 4) is 0 Å². The molecule has 1 rings (SSSR count). The van der Waals surface area contributed by atoms with Gasteiger partial charge in [0.15, 0.2) is 0 Å². The van der Waals surface area contributed by atoms with E-state index in [0.29, 0.717) is 0 Å². The molecule has 13 heavy (non-hydrogen) atoms. The molecule has 0 spiro atoms. The Bertz CT molecular complexity index is 185. The normalized spacial score (nSPS) is 30.2. The van der Waals surface area contributed by atoms with Gasteiger partial charge in [0, 0.05) is 0 Å². The Labute approximate surface area is 81.2 Å². The second kappa shape index (κ2) is 5.23. The molecule has 0 aromatic heterocycles. The van der Waals surface area contributed by atoms with Crippen molar-refractivity contribution in [2.45, 2.75) is 45.1 Å². The molecule has 1 N–H and O–H groups in total. The van der Waals surface area contributed by atoms with Crippen LogP contribution in [0.5, 0.6) is 0 Å². The zero-order valence-corrected chi connectivity index (χ0v) is 8.50. The molecule has 1 aliphatic carbocycles. The van der Waals surface area contributed by atoms with Crippen molar-refractivity contribution in [3.05, 3.63) is 24.3 Å². The molecule has 1 saturated carbocycles. The Morgan fingerprint density at radius 1 is 1.38 bits per heavy atom. The average molecular weight is 180 g/mol. The van der Waals surface area contributed by atoms with Gasteiger partial charge in [-0.2, -0.15) is 0 Å². The van der Waals surface area contributed by atoms with Crippen LogP contribution in [0.3, 0.4) is 0 Å². The largest absolute Gasteiger partial charge is 0.393 e. The maximum atomic E-state index is 9.32. The molecule has 0 aromatic rings. The second-order valence-corrected chi connectivity index (χ2v) is 4.06. The molecular weight excluding hydrogens is 160 g/mol. The summed E-state index contributed by atoms with van der Waals surface area (Å²) in [5.41, 5.74) is 1.27. The third-order valence-corrected chi connectivity index (χ3v) is 2.91. The third kappa shape index (κ3) is 3.77. The summed E-state index contributed by atoms with van der Waals surface area (Å²) >= 11 is 0. The van der Waals surface area contributed by atoms with Crippen LogP contribution in [0, 0.1) is 5.92 Å². The van der Waals surface area contributed by atoms with Gasteiger partial charge in [-0.15, -0.1) is 0 Å². The highest BCUT2D eigenvalue weighted by Crippen LogP contribution is 2.27. The fraction of sp³-hybridized carbons (Fsp3) is 0.667. The van der Waals surface area contributed by atoms with Crippen molar-refractivity contribution >= 4 is 0 Å². The van der Waals surface area contributed by atoms with E-state index in [9.17, 15) is 5.11 Å². The number of hydrogen-bond acceptors (Lipinski definition) is 1. The fourth-order valence-electron chi connectivity index (χ4n) is 1.82. The minimum atomic E-state index is -0.0271. The van der Waals surface area contributed by atoms with Crippen molar-refractivity contribution in [3.63, 3.8) is 0 Å². The monoisotopic (exact) mass is 180 g/mol. The highest BCUT2D eigenvalue weighted by molar-refractivity contribution is 5.12. The Hall–Kier alpha value is -0.560. The minimum Gasteiger partial charge on any atom is -0.393 e. The van der Waals surface area contributed by atoms with Crippen molar-refractivity contribution in [1.82, 2.24) is 0 Å². The van der Waals surface area contributed by atoms with E-state index in [1.165, 1.54) is 18.4 Å². The molecule has 0 saturated heterocycles. The summed E-state index contributed by atoms with van der Waals surface area (Å²) in [5, 5.41) is 9.32. The maximum absolute atomic E-state index is 9.32. The van der Waals surface area contributed by atoms with Gasteiger partial charge in [-0.25, -0.2) is 0 Å². The Balaban J connectivity index is 2.26. The first-order valence-corrected chi connectivity index (χ1v) is 5.19. The SMILES string of the molecule is C=C/C(C)=C\CC1CCC(O)CC1. The highest BCUT2D eigenvalue weighted by atomic mass is 16.3. The molecule has 1 fully saturated rings. The molecule has 0 amide bonds. The van der Waals surface area contributed by atoms with E-state index in [1.54, 1.807) is 0 Å². The Morgan fingerprint density at radius 2 is 2.00 bits per heavy atom. The number of hydrogen-bond donors (Lipinski definition) is 1. The maximum Gasteiger partial charge on any atom is 0.0540 e. The topological polar surface area (TPSA) is 20.2 Å². The first-order valence-electron chi connectivity index (χ1n) is 5.19.